The van der Waals surface area contributed by atoms with Crippen molar-refractivity contribution in [2.45, 2.75) is 33.1 Å². The molecule has 0 amide bonds. The van der Waals surface area contributed by atoms with E-state index >= 15 is 0 Å². The van der Waals surface area contributed by atoms with Crippen molar-refractivity contribution in [1.29, 1.82) is 0 Å². The second kappa shape index (κ2) is 6.30. The Kier molecular flexibility index (Phi) is 5.71. The van der Waals surface area contributed by atoms with Crippen LogP contribution in [0, 0.1) is 18.3 Å². The molecule has 0 fully saturated rings. The smallest absolute Gasteiger partial charge is 0.311 e. The lowest BCUT2D eigenvalue weighted by Crippen LogP contribution is -2.14. The molecule has 0 aliphatic rings. The zero-order valence-electron chi connectivity index (χ0n) is 8.21. The van der Waals surface area contributed by atoms with Crippen molar-refractivity contribution in [2.75, 3.05) is 0 Å². The summed E-state index contributed by atoms with van der Waals surface area (Å²) >= 11 is 0. The molecule has 2 nitrogen and oxygen atoms in total. The normalized spacial score (nSPS) is 13.5. The molecule has 0 heterocycles. The number of hydrogen-bond donors (Lipinski definition) is 1. The van der Waals surface area contributed by atoms with Gasteiger partial charge in [0.05, 0.1) is 5.92 Å². The zero-order valence-corrected chi connectivity index (χ0v) is 8.21. The molecule has 0 aromatic heterocycles. The van der Waals surface area contributed by atoms with Crippen molar-refractivity contribution >= 4 is 5.97 Å². The molecule has 0 bridgehead atoms. The Morgan fingerprint density at radius 1 is 1.69 bits per heavy atom. The predicted octanol–water partition coefficient (Wildman–Crippen LogP) is 2.46. The van der Waals surface area contributed by atoms with E-state index in [2.05, 4.69) is 12.8 Å². The van der Waals surface area contributed by atoms with Crippen LogP contribution in [-0.4, -0.2) is 11.1 Å². The largest absolute Gasteiger partial charge is 0.481 e. The molecule has 0 aromatic rings. The lowest BCUT2D eigenvalue weighted by Gasteiger charge is -2.09. The predicted molar refractivity (Wildman–Crippen MR) is 53.2 cm³/mol. The van der Waals surface area contributed by atoms with Crippen LogP contribution in [0.2, 0.25) is 0 Å². The van der Waals surface area contributed by atoms with Crippen LogP contribution in [0.3, 0.4) is 0 Å². The van der Waals surface area contributed by atoms with E-state index in [0.29, 0.717) is 0 Å². The number of aliphatic carboxylic acids is 1. The maximum atomic E-state index is 10.8. The Bertz CT molecular complexity index is 233. The molecule has 0 rings (SSSR count). The minimum Gasteiger partial charge on any atom is -0.481 e. The molecule has 72 valence electrons. The summed E-state index contributed by atoms with van der Waals surface area (Å²) in [5, 5.41) is 8.84. The number of unbranched alkanes of at least 4 members (excludes halogenated alkanes) is 1. The molecule has 0 aliphatic carbocycles. The Morgan fingerprint density at radius 2 is 2.31 bits per heavy atom. The number of rotatable bonds is 5. The number of allylic oxidation sites excluding steroid dienone is 1. The molecule has 0 saturated heterocycles. The highest BCUT2D eigenvalue weighted by Crippen LogP contribution is 2.15. The molecule has 0 aromatic carbocycles. The summed E-state index contributed by atoms with van der Waals surface area (Å²) in [6, 6.07) is 0. The monoisotopic (exact) mass is 180 g/mol. The molecule has 0 spiro atoms. The third kappa shape index (κ3) is 4.37. The van der Waals surface area contributed by atoms with E-state index in [9.17, 15) is 4.79 Å². The van der Waals surface area contributed by atoms with Crippen molar-refractivity contribution in [3.63, 3.8) is 0 Å². The summed E-state index contributed by atoms with van der Waals surface area (Å²) in [7, 11) is 0. The van der Waals surface area contributed by atoms with Crippen LogP contribution in [0.5, 0.6) is 0 Å². The lowest BCUT2D eigenvalue weighted by atomic mass is 9.96. The zero-order chi connectivity index (χ0) is 10.3. The van der Waals surface area contributed by atoms with Crippen molar-refractivity contribution in [1.82, 2.24) is 0 Å². The molecular weight excluding hydrogens is 164 g/mol. The average molecular weight is 180 g/mol. The molecule has 0 radical (unpaired) electrons. The first-order valence-corrected chi connectivity index (χ1v) is 4.46. The van der Waals surface area contributed by atoms with Gasteiger partial charge < -0.3 is 5.11 Å². The van der Waals surface area contributed by atoms with Crippen molar-refractivity contribution in [3.8, 4) is 12.3 Å². The minimum absolute atomic E-state index is 0.279. The van der Waals surface area contributed by atoms with Crippen LogP contribution in [0.1, 0.15) is 33.1 Å². The van der Waals surface area contributed by atoms with E-state index in [0.717, 1.165) is 18.4 Å². The van der Waals surface area contributed by atoms with Crippen LogP contribution in [0.4, 0.5) is 0 Å². The first-order valence-electron chi connectivity index (χ1n) is 4.46. The topological polar surface area (TPSA) is 37.3 Å². The van der Waals surface area contributed by atoms with Crippen molar-refractivity contribution < 1.29 is 9.90 Å². The second-order valence-electron chi connectivity index (χ2n) is 3.04. The highest BCUT2D eigenvalue weighted by Gasteiger charge is 2.17. The molecular formula is C11H16O2. The number of terminal acetylenes is 1. The van der Waals surface area contributed by atoms with Gasteiger partial charge in [-0.05, 0) is 13.3 Å². The van der Waals surface area contributed by atoms with Crippen molar-refractivity contribution in [3.05, 3.63) is 11.6 Å². The van der Waals surface area contributed by atoms with E-state index in [-0.39, 0.29) is 6.42 Å². The number of hydrogen-bond acceptors (Lipinski definition) is 1. The second-order valence-corrected chi connectivity index (χ2v) is 3.04. The van der Waals surface area contributed by atoms with Crippen molar-refractivity contribution in [2.24, 2.45) is 5.92 Å². The lowest BCUT2D eigenvalue weighted by molar-refractivity contribution is -0.140. The van der Waals surface area contributed by atoms with Gasteiger partial charge in [0, 0.05) is 6.42 Å². The van der Waals surface area contributed by atoms with Crippen LogP contribution < -0.4 is 0 Å². The van der Waals surface area contributed by atoms with Gasteiger partial charge in [0.15, 0.2) is 0 Å². The SMILES string of the molecule is C#CCC(C(=O)O)/C(C)=C/CCC. The van der Waals surface area contributed by atoms with Gasteiger partial charge in [-0.15, -0.1) is 12.3 Å². The van der Waals surface area contributed by atoms with Crippen LogP contribution >= 0.6 is 0 Å². The molecule has 0 aliphatic heterocycles. The fourth-order valence-electron chi connectivity index (χ4n) is 1.08. The summed E-state index contributed by atoms with van der Waals surface area (Å²) < 4.78 is 0. The van der Waals surface area contributed by atoms with Gasteiger partial charge >= 0.3 is 5.97 Å². The Morgan fingerprint density at radius 3 is 2.69 bits per heavy atom. The minimum atomic E-state index is -0.831. The highest BCUT2D eigenvalue weighted by atomic mass is 16.4. The summed E-state index contributed by atoms with van der Waals surface area (Å²) in [6.07, 6.45) is 9.27. The molecule has 1 N–H and O–H groups in total. The van der Waals surface area contributed by atoms with Gasteiger partial charge in [0.1, 0.15) is 0 Å². The van der Waals surface area contributed by atoms with E-state index in [4.69, 9.17) is 11.5 Å². The average Bonchev–Trinajstić information content (AvgIpc) is 2.09. The molecule has 2 heteroatoms. The molecule has 1 unspecified atom stereocenters. The van der Waals surface area contributed by atoms with Gasteiger partial charge in [0.25, 0.3) is 0 Å². The Balaban J connectivity index is 4.37. The Labute approximate surface area is 79.7 Å². The van der Waals surface area contributed by atoms with Gasteiger partial charge in [-0.2, -0.15) is 0 Å². The van der Waals surface area contributed by atoms with Gasteiger partial charge in [-0.1, -0.05) is 25.0 Å². The first-order chi connectivity index (χ1) is 6.13. The van der Waals surface area contributed by atoms with Crippen LogP contribution in [-0.2, 0) is 4.79 Å². The van der Waals surface area contributed by atoms with E-state index in [1.165, 1.54) is 0 Å². The fraction of sp³-hybridized carbons (Fsp3) is 0.545. The van der Waals surface area contributed by atoms with Gasteiger partial charge in [-0.25, -0.2) is 0 Å². The number of carboxylic acids is 1. The number of carboxylic acid groups (broad SMARTS) is 1. The van der Waals surface area contributed by atoms with Gasteiger partial charge in [0.2, 0.25) is 0 Å². The summed E-state index contributed by atoms with van der Waals surface area (Å²) in [6.45, 7) is 3.88. The third-order valence-electron chi connectivity index (χ3n) is 1.92. The van der Waals surface area contributed by atoms with Crippen LogP contribution in [0.15, 0.2) is 11.6 Å². The first kappa shape index (κ1) is 11.8. The molecule has 13 heavy (non-hydrogen) atoms. The summed E-state index contributed by atoms with van der Waals surface area (Å²) in [4.78, 5) is 10.8. The molecule has 1 atom stereocenters. The van der Waals surface area contributed by atoms with E-state index < -0.39 is 11.9 Å². The quantitative estimate of drug-likeness (QED) is 0.521. The summed E-state index contributed by atoms with van der Waals surface area (Å²) in [5.74, 6) is 1.05. The highest BCUT2D eigenvalue weighted by molar-refractivity contribution is 5.73. The van der Waals surface area contributed by atoms with E-state index in [1.54, 1.807) is 0 Å². The Hall–Kier alpha value is -1.23. The maximum Gasteiger partial charge on any atom is 0.311 e. The summed E-state index contributed by atoms with van der Waals surface area (Å²) in [5.41, 5.74) is 0.868. The number of carbonyl (C=O) groups is 1. The maximum absolute atomic E-state index is 10.8. The third-order valence-corrected chi connectivity index (χ3v) is 1.92. The fourth-order valence-corrected chi connectivity index (χ4v) is 1.08. The van der Waals surface area contributed by atoms with Crippen LogP contribution in [0.25, 0.3) is 0 Å². The molecule has 0 saturated carbocycles. The van der Waals surface area contributed by atoms with Gasteiger partial charge in [-0.3, -0.25) is 4.79 Å². The standard InChI is InChI=1S/C11H16O2/c1-4-6-8-9(3)10(7-5-2)11(12)13/h2,8,10H,4,6-7H2,1,3H3,(H,12,13)/b9-8+. The van der Waals surface area contributed by atoms with E-state index in [1.807, 2.05) is 13.0 Å².